The van der Waals surface area contributed by atoms with Gasteiger partial charge in [0.25, 0.3) is 0 Å². The number of hydrogen-bond donors (Lipinski definition) is 1. The Morgan fingerprint density at radius 1 is 1.14 bits per heavy atom. The quantitative estimate of drug-likeness (QED) is 0.922. The van der Waals surface area contributed by atoms with E-state index in [1.807, 2.05) is 0 Å². The normalized spacial score (nSPS) is 16.6. The molecule has 0 amide bonds. The second kappa shape index (κ2) is 5.90. The summed E-state index contributed by atoms with van der Waals surface area (Å²) in [7, 11) is 0. The Kier molecular flexibility index (Phi) is 3.98. The summed E-state index contributed by atoms with van der Waals surface area (Å²) in [5, 5.41) is 0. The molecule has 0 spiro atoms. The molecule has 0 fully saturated rings. The fourth-order valence-electron chi connectivity index (χ4n) is 3.39. The van der Waals surface area contributed by atoms with Crippen molar-refractivity contribution in [2.24, 2.45) is 5.73 Å². The predicted molar refractivity (Wildman–Crippen MR) is 89.7 cm³/mol. The van der Waals surface area contributed by atoms with Crippen molar-refractivity contribution in [3.63, 3.8) is 0 Å². The molecule has 0 bridgehead atoms. The number of rotatable bonds is 4. The molecule has 0 aliphatic carbocycles. The summed E-state index contributed by atoms with van der Waals surface area (Å²) in [6.45, 7) is 5.39. The maximum absolute atomic E-state index is 6.49. The lowest BCUT2D eigenvalue weighted by atomic mass is 9.95. The van der Waals surface area contributed by atoms with Crippen LogP contribution in [0.3, 0.4) is 0 Å². The van der Waals surface area contributed by atoms with Crippen LogP contribution < -0.4 is 10.6 Å². The minimum absolute atomic E-state index is 0.151. The highest BCUT2D eigenvalue weighted by molar-refractivity contribution is 5.59. The van der Waals surface area contributed by atoms with Gasteiger partial charge in [0.15, 0.2) is 0 Å². The van der Waals surface area contributed by atoms with Gasteiger partial charge in [-0.1, -0.05) is 55.0 Å². The Balaban J connectivity index is 2.02. The van der Waals surface area contributed by atoms with Gasteiger partial charge < -0.3 is 10.6 Å². The van der Waals surface area contributed by atoms with Crippen molar-refractivity contribution in [3.05, 3.63) is 65.2 Å². The van der Waals surface area contributed by atoms with Gasteiger partial charge in [0.1, 0.15) is 0 Å². The van der Waals surface area contributed by atoms with Crippen molar-refractivity contribution in [2.45, 2.75) is 38.8 Å². The van der Waals surface area contributed by atoms with Crippen molar-refractivity contribution in [2.75, 3.05) is 11.4 Å². The van der Waals surface area contributed by atoms with E-state index in [1.165, 1.54) is 22.4 Å². The second-order valence-corrected chi connectivity index (χ2v) is 6.00. The Bertz CT molecular complexity index is 620. The Morgan fingerprint density at radius 2 is 1.95 bits per heavy atom. The van der Waals surface area contributed by atoms with Gasteiger partial charge >= 0.3 is 0 Å². The molecule has 3 rings (SSSR count). The van der Waals surface area contributed by atoms with E-state index < -0.39 is 0 Å². The van der Waals surface area contributed by atoms with E-state index >= 15 is 0 Å². The number of hydrogen-bond acceptors (Lipinski definition) is 2. The molecule has 2 aromatic rings. The molecule has 1 aliphatic rings. The molecule has 0 aromatic heterocycles. The molecule has 21 heavy (non-hydrogen) atoms. The highest BCUT2D eigenvalue weighted by Crippen LogP contribution is 2.37. The largest absolute Gasteiger partial charge is 0.362 e. The molecule has 2 heteroatoms. The van der Waals surface area contributed by atoms with E-state index in [1.54, 1.807) is 0 Å². The van der Waals surface area contributed by atoms with Crippen LogP contribution in [0.5, 0.6) is 0 Å². The van der Waals surface area contributed by atoms with Gasteiger partial charge in [0, 0.05) is 18.3 Å². The number of anilines is 1. The van der Waals surface area contributed by atoms with Crippen molar-refractivity contribution < 1.29 is 0 Å². The first kappa shape index (κ1) is 14.2. The maximum atomic E-state index is 6.49. The monoisotopic (exact) mass is 280 g/mol. The van der Waals surface area contributed by atoms with E-state index in [9.17, 15) is 0 Å². The first-order chi connectivity index (χ1) is 10.2. The molecule has 1 heterocycles. The van der Waals surface area contributed by atoms with Crippen LogP contribution in [-0.2, 0) is 6.42 Å². The Labute approximate surface area is 127 Å². The zero-order chi connectivity index (χ0) is 14.8. The SMILES string of the molecule is CCC(N)C(c1cccc(C)c1)N1CCc2ccccc21. The molecule has 2 aromatic carbocycles. The number of benzene rings is 2. The summed E-state index contributed by atoms with van der Waals surface area (Å²) in [6.07, 6.45) is 2.10. The lowest BCUT2D eigenvalue weighted by Crippen LogP contribution is -2.40. The molecular weight excluding hydrogens is 256 g/mol. The predicted octanol–water partition coefficient (Wildman–Crippen LogP) is 3.84. The van der Waals surface area contributed by atoms with Gasteiger partial charge in [-0.15, -0.1) is 0 Å². The molecule has 110 valence electrons. The fraction of sp³-hybridized carbons (Fsp3) is 0.368. The fourth-order valence-corrected chi connectivity index (χ4v) is 3.39. The van der Waals surface area contributed by atoms with Gasteiger partial charge in [-0.05, 0) is 37.0 Å². The van der Waals surface area contributed by atoms with Gasteiger partial charge in [-0.25, -0.2) is 0 Å². The first-order valence-corrected chi connectivity index (χ1v) is 7.87. The third-order valence-electron chi connectivity index (χ3n) is 4.52. The van der Waals surface area contributed by atoms with E-state index in [-0.39, 0.29) is 12.1 Å². The van der Waals surface area contributed by atoms with Crippen LogP contribution in [0, 0.1) is 6.92 Å². The number of nitrogens with two attached hydrogens (primary N) is 1. The summed E-state index contributed by atoms with van der Waals surface area (Å²) in [5.41, 5.74) is 11.9. The molecule has 2 N–H and O–H groups in total. The smallest absolute Gasteiger partial charge is 0.0693 e. The zero-order valence-corrected chi connectivity index (χ0v) is 12.9. The first-order valence-electron chi connectivity index (χ1n) is 7.87. The molecule has 2 nitrogen and oxygen atoms in total. The second-order valence-electron chi connectivity index (χ2n) is 6.00. The minimum Gasteiger partial charge on any atom is -0.362 e. The lowest BCUT2D eigenvalue weighted by molar-refractivity contribution is 0.498. The van der Waals surface area contributed by atoms with Crippen molar-refractivity contribution in [1.29, 1.82) is 0 Å². The van der Waals surface area contributed by atoms with E-state index in [4.69, 9.17) is 5.73 Å². The maximum Gasteiger partial charge on any atom is 0.0693 e. The average Bonchev–Trinajstić information content (AvgIpc) is 2.91. The molecule has 0 saturated heterocycles. The Hall–Kier alpha value is -1.80. The highest BCUT2D eigenvalue weighted by Gasteiger charge is 2.30. The Morgan fingerprint density at radius 3 is 2.71 bits per heavy atom. The summed E-state index contributed by atoms with van der Waals surface area (Å²) in [6, 6.07) is 17.9. The van der Waals surface area contributed by atoms with Gasteiger partial charge in [-0.2, -0.15) is 0 Å². The van der Waals surface area contributed by atoms with Crippen molar-refractivity contribution >= 4 is 5.69 Å². The van der Waals surface area contributed by atoms with Gasteiger partial charge in [-0.3, -0.25) is 0 Å². The summed E-state index contributed by atoms with van der Waals surface area (Å²) < 4.78 is 0. The highest BCUT2D eigenvalue weighted by atomic mass is 15.2. The summed E-state index contributed by atoms with van der Waals surface area (Å²) in [5.74, 6) is 0. The lowest BCUT2D eigenvalue weighted by Gasteiger charge is -2.35. The standard InChI is InChI=1S/C19H24N2/c1-3-17(20)19(16-9-6-7-14(2)13-16)21-12-11-15-8-4-5-10-18(15)21/h4-10,13,17,19H,3,11-12,20H2,1-2H3. The van der Waals surface area contributed by atoms with Gasteiger partial charge in [0.05, 0.1) is 6.04 Å². The third kappa shape index (κ3) is 2.68. The minimum atomic E-state index is 0.151. The molecule has 2 unspecified atom stereocenters. The number of para-hydroxylation sites is 1. The van der Waals surface area contributed by atoms with Crippen LogP contribution in [0.4, 0.5) is 5.69 Å². The summed E-state index contributed by atoms with van der Waals surface area (Å²) >= 11 is 0. The van der Waals surface area contributed by atoms with Crippen LogP contribution in [0.2, 0.25) is 0 Å². The molecule has 0 saturated carbocycles. The summed E-state index contributed by atoms with van der Waals surface area (Å²) in [4.78, 5) is 2.50. The third-order valence-corrected chi connectivity index (χ3v) is 4.52. The van der Waals surface area contributed by atoms with Crippen LogP contribution in [0.15, 0.2) is 48.5 Å². The van der Waals surface area contributed by atoms with Gasteiger partial charge in [0.2, 0.25) is 0 Å². The van der Waals surface area contributed by atoms with E-state index in [0.29, 0.717) is 0 Å². The van der Waals surface area contributed by atoms with Crippen LogP contribution >= 0.6 is 0 Å². The number of nitrogens with zero attached hydrogens (tertiary/aromatic N) is 1. The number of aryl methyl sites for hydroxylation is 1. The van der Waals surface area contributed by atoms with Crippen LogP contribution in [0.25, 0.3) is 0 Å². The topological polar surface area (TPSA) is 29.3 Å². The van der Waals surface area contributed by atoms with E-state index in [0.717, 1.165) is 19.4 Å². The van der Waals surface area contributed by atoms with Crippen LogP contribution in [-0.4, -0.2) is 12.6 Å². The molecular formula is C19H24N2. The van der Waals surface area contributed by atoms with Crippen LogP contribution in [0.1, 0.15) is 36.1 Å². The molecule has 2 atom stereocenters. The molecule has 1 aliphatic heterocycles. The average molecular weight is 280 g/mol. The zero-order valence-electron chi connectivity index (χ0n) is 12.9. The van der Waals surface area contributed by atoms with Crippen molar-refractivity contribution in [3.8, 4) is 0 Å². The van der Waals surface area contributed by atoms with Crippen molar-refractivity contribution in [1.82, 2.24) is 0 Å². The number of fused-ring (bicyclic) bond motifs is 1. The molecule has 0 radical (unpaired) electrons. The van der Waals surface area contributed by atoms with E-state index in [2.05, 4.69) is 67.3 Å².